The van der Waals surface area contributed by atoms with Gasteiger partial charge in [-0.15, -0.1) is 0 Å². The highest BCUT2D eigenvalue weighted by Crippen LogP contribution is 2.09. The van der Waals surface area contributed by atoms with Crippen molar-refractivity contribution in [1.29, 1.82) is 0 Å². The van der Waals surface area contributed by atoms with Crippen molar-refractivity contribution in [3.05, 3.63) is 35.4 Å². The lowest BCUT2D eigenvalue weighted by Gasteiger charge is -2.23. The first kappa shape index (κ1) is 14.2. The van der Waals surface area contributed by atoms with Crippen molar-refractivity contribution in [2.24, 2.45) is 5.73 Å². The summed E-state index contributed by atoms with van der Waals surface area (Å²) in [6.07, 6.45) is 0. The van der Waals surface area contributed by atoms with E-state index in [1.54, 1.807) is 32.2 Å². The predicted octanol–water partition coefficient (Wildman–Crippen LogP) is 0.450. The van der Waals surface area contributed by atoms with Gasteiger partial charge in [-0.2, -0.15) is 0 Å². The molecule has 0 aliphatic rings. The number of amides is 1. The fourth-order valence-electron chi connectivity index (χ4n) is 1.41. The third-order valence-corrected chi connectivity index (χ3v) is 2.69. The Kier molecular flexibility index (Phi) is 5.37. The molecule has 18 heavy (non-hydrogen) atoms. The normalized spacial score (nSPS) is 11.3. The number of hydrogen-bond donors (Lipinski definition) is 2. The van der Waals surface area contributed by atoms with Crippen LogP contribution in [0.1, 0.15) is 22.8 Å². The topological polar surface area (TPSA) is 66.6 Å². The van der Waals surface area contributed by atoms with Crippen molar-refractivity contribution in [3.63, 3.8) is 0 Å². The maximum Gasteiger partial charge on any atom is 0.253 e. The molecule has 3 N–H and O–H groups in total. The summed E-state index contributed by atoms with van der Waals surface area (Å²) in [5, 5.41) is 9.04. The van der Waals surface area contributed by atoms with Crippen LogP contribution in [0.3, 0.4) is 0 Å². The molecule has 1 rings (SSSR count). The molecule has 1 aromatic rings. The molecule has 1 aromatic carbocycles. The molecule has 1 unspecified atom stereocenters. The predicted molar refractivity (Wildman–Crippen MR) is 71.0 cm³/mol. The van der Waals surface area contributed by atoms with Gasteiger partial charge in [0.05, 0.1) is 19.2 Å². The molecule has 0 aromatic heterocycles. The number of rotatable bonds is 3. The minimum atomic E-state index is -0.212. The monoisotopic (exact) mass is 246 g/mol. The summed E-state index contributed by atoms with van der Waals surface area (Å²) in [6, 6.07) is 6.86. The van der Waals surface area contributed by atoms with Crippen LogP contribution in [0.2, 0.25) is 0 Å². The lowest BCUT2D eigenvalue weighted by atomic mass is 10.1. The van der Waals surface area contributed by atoms with Crippen LogP contribution in [0.5, 0.6) is 0 Å². The van der Waals surface area contributed by atoms with E-state index in [1.165, 1.54) is 4.90 Å². The fraction of sp³-hybridized carbons (Fsp3) is 0.357. The largest absolute Gasteiger partial charge is 0.394 e. The van der Waals surface area contributed by atoms with Gasteiger partial charge < -0.3 is 15.7 Å². The molecule has 0 heterocycles. The minimum Gasteiger partial charge on any atom is -0.394 e. The first-order chi connectivity index (χ1) is 8.60. The van der Waals surface area contributed by atoms with Crippen molar-refractivity contribution in [1.82, 2.24) is 4.90 Å². The molecule has 0 saturated carbocycles. The zero-order valence-corrected chi connectivity index (χ0v) is 10.7. The van der Waals surface area contributed by atoms with Gasteiger partial charge in [-0.3, -0.25) is 4.79 Å². The number of aliphatic hydroxyl groups excluding tert-OH is 1. The van der Waals surface area contributed by atoms with E-state index in [9.17, 15) is 4.79 Å². The Hall–Kier alpha value is -1.83. The Labute approximate surface area is 107 Å². The van der Waals surface area contributed by atoms with E-state index in [2.05, 4.69) is 11.8 Å². The van der Waals surface area contributed by atoms with Crippen molar-refractivity contribution < 1.29 is 9.90 Å². The second-order valence-corrected chi connectivity index (χ2v) is 4.03. The summed E-state index contributed by atoms with van der Waals surface area (Å²) in [7, 11) is 1.67. The molecule has 0 bridgehead atoms. The average Bonchev–Trinajstić information content (AvgIpc) is 2.42. The van der Waals surface area contributed by atoms with Crippen LogP contribution >= 0.6 is 0 Å². The zero-order chi connectivity index (χ0) is 13.5. The Morgan fingerprint density at radius 2 is 2.28 bits per heavy atom. The molecule has 0 aliphatic heterocycles. The van der Waals surface area contributed by atoms with Crippen molar-refractivity contribution in [3.8, 4) is 11.8 Å². The Morgan fingerprint density at radius 1 is 1.56 bits per heavy atom. The van der Waals surface area contributed by atoms with Gasteiger partial charge >= 0.3 is 0 Å². The van der Waals surface area contributed by atoms with Crippen LogP contribution in [-0.4, -0.2) is 42.2 Å². The molecular formula is C14H18N2O2. The van der Waals surface area contributed by atoms with Gasteiger partial charge in [0.1, 0.15) is 0 Å². The highest BCUT2D eigenvalue weighted by atomic mass is 16.3. The summed E-state index contributed by atoms with van der Waals surface area (Å²) in [4.78, 5) is 13.6. The molecule has 0 aliphatic carbocycles. The maximum atomic E-state index is 12.1. The van der Waals surface area contributed by atoms with Crippen LogP contribution in [0, 0.1) is 11.8 Å². The highest BCUT2D eigenvalue weighted by Gasteiger charge is 2.16. The summed E-state index contributed by atoms with van der Waals surface area (Å²) >= 11 is 0. The van der Waals surface area contributed by atoms with Gasteiger partial charge in [-0.05, 0) is 25.1 Å². The van der Waals surface area contributed by atoms with E-state index in [0.717, 1.165) is 5.56 Å². The van der Waals surface area contributed by atoms with E-state index in [-0.39, 0.29) is 18.6 Å². The number of carbonyl (C=O) groups is 1. The quantitative estimate of drug-likeness (QED) is 0.761. The lowest BCUT2D eigenvalue weighted by Crippen LogP contribution is -2.37. The lowest BCUT2D eigenvalue weighted by molar-refractivity contribution is 0.0682. The Bertz CT molecular complexity index is 474. The number of hydrogen-bond acceptors (Lipinski definition) is 3. The van der Waals surface area contributed by atoms with E-state index < -0.39 is 0 Å². The van der Waals surface area contributed by atoms with Gasteiger partial charge in [-0.1, -0.05) is 17.9 Å². The van der Waals surface area contributed by atoms with Crippen LogP contribution in [0.15, 0.2) is 24.3 Å². The summed E-state index contributed by atoms with van der Waals surface area (Å²) in [5.41, 5.74) is 6.62. The van der Waals surface area contributed by atoms with E-state index in [0.29, 0.717) is 12.1 Å². The number of nitrogens with two attached hydrogens (primary N) is 1. The fourth-order valence-corrected chi connectivity index (χ4v) is 1.41. The standard InChI is InChI=1S/C14H18N2O2/c1-11(10-17)16(2)14(18)13-7-3-5-12(9-13)6-4-8-15/h3,5,7,9,11,17H,8,10,15H2,1-2H3. The molecule has 4 nitrogen and oxygen atoms in total. The number of aliphatic hydroxyl groups is 1. The SMILES string of the molecule is CC(CO)N(C)C(=O)c1cccc(C#CCN)c1. The molecule has 0 fully saturated rings. The van der Waals surface area contributed by atoms with Gasteiger partial charge in [-0.25, -0.2) is 0 Å². The molecule has 1 amide bonds. The number of benzene rings is 1. The molecule has 0 radical (unpaired) electrons. The number of nitrogens with zero attached hydrogens (tertiary/aromatic N) is 1. The summed E-state index contributed by atoms with van der Waals surface area (Å²) in [5.74, 6) is 5.50. The number of likely N-dealkylation sites (N-methyl/N-ethyl adjacent to an activating group) is 1. The Morgan fingerprint density at radius 3 is 2.89 bits per heavy atom. The van der Waals surface area contributed by atoms with Crippen LogP contribution in [0.25, 0.3) is 0 Å². The van der Waals surface area contributed by atoms with Crippen LogP contribution < -0.4 is 5.73 Å². The van der Waals surface area contributed by atoms with E-state index in [1.807, 2.05) is 6.07 Å². The molecule has 96 valence electrons. The van der Waals surface area contributed by atoms with Crippen LogP contribution in [0.4, 0.5) is 0 Å². The zero-order valence-electron chi connectivity index (χ0n) is 10.7. The van der Waals surface area contributed by atoms with Gasteiger partial charge in [0.25, 0.3) is 5.91 Å². The van der Waals surface area contributed by atoms with Crippen molar-refractivity contribution in [2.75, 3.05) is 20.2 Å². The van der Waals surface area contributed by atoms with Gasteiger partial charge in [0.15, 0.2) is 0 Å². The van der Waals surface area contributed by atoms with Gasteiger partial charge in [0, 0.05) is 18.2 Å². The second-order valence-electron chi connectivity index (χ2n) is 4.03. The molecule has 0 saturated heterocycles. The molecular weight excluding hydrogens is 228 g/mol. The minimum absolute atomic E-state index is 0.0606. The summed E-state index contributed by atoms with van der Waals surface area (Å²) in [6.45, 7) is 2.02. The highest BCUT2D eigenvalue weighted by molar-refractivity contribution is 5.94. The van der Waals surface area contributed by atoms with Gasteiger partial charge in [0.2, 0.25) is 0 Å². The Balaban J connectivity index is 2.93. The second kappa shape index (κ2) is 6.80. The summed E-state index contributed by atoms with van der Waals surface area (Å²) < 4.78 is 0. The maximum absolute atomic E-state index is 12.1. The molecule has 1 atom stereocenters. The van der Waals surface area contributed by atoms with Crippen LogP contribution in [-0.2, 0) is 0 Å². The first-order valence-corrected chi connectivity index (χ1v) is 5.77. The van der Waals surface area contributed by atoms with E-state index in [4.69, 9.17) is 10.8 Å². The number of carbonyl (C=O) groups excluding carboxylic acids is 1. The molecule has 4 heteroatoms. The average molecular weight is 246 g/mol. The van der Waals surface area contributed by atoms with Crippen molar-refractivity contribution >= 4 is 5.91 Å². The smallest absolute Gasteiger partial charge is 0.253 e. The first-order valence-electron chi connectivity index (χ1n) is 5.77. The third-order valence-electron chi connectivity index (χ3n) is 2.69. The molecule has 0 spiro atoms. The van der Waals surface area contributed by atoms with E-state index >= 15 is 0 Å². The van der Waals surface area contributed by atoms with Crippen molar-refractivity contribution in [2.45, 2.75) is 13.0 Å². The third kappa shape index (κ3) is 3.59.